The minimum Gasteiger partial charge on any atom is -0.497 e. The molecule has 0 aliphatic carbocycles. The number of hydrogen-bond acceptors (Lipinski definition) is 3. The van der Waals surface area contributed by atoms with Crippen LogP contribution in [0.25, 0.3) is 0 Å². The quantitative estimate of drug-likeness (QED) is 0.241. The summed E-state index contributed by atoms with van der Waals surface area (Å²) in [5.41, 5.74) is 1.15. The third kappa shape index (κ3) is 9.30. The Labute approximate surface area is 170 Å². The molecule has 6 heteroatoms. The van der Waals surface area contributed by atoms with Gasteiger partial charge < -0.3 is 20.1 Å². The van der Waals surface area contributed by atoms with E-state index < -0.39 is 0 Å². The van der Waals surface area contributed by atoms with Gasteiger partial charge in [-0.15, -0.1) is 24.0 Å². The number of benzene rings is 1. The fraction of sp³-hybridized carbons (Fsp3) is 0.632. The smallest absolute Gasteiger partial charge is 0.191 e. The third-order valence-electron chi connectivity index (χ3n) is 3.79. The van der Waals surface area contributed by atoms with E-state index >= 15 is 0 Å². The number of hydrogen-bond donors (Lipinski definition) is 2. The van der Waals surface area contributed by atoms with Gasteiger partial charge in [-0.3, -0.25) is 4.99 Å². The fourth-order valence-corrected chi connectivity index (χ4v) is 2.28. The first-order valence-corrected chi connectivity index (χ1v) is 8.78. The summed E-state index contributed by atoms with van der Waals surface area (Å²) < 4.78 is 10.7. The summed E-state index contributed by atoms with van der Waals surface area (Å²) >= 11 is 0. The van der Waals surface area contributed by atoms with Gasteiger partial charge in [-0.25, -0.2) is 0 Å². The van der Waals surface area contributed by atoms with Crippen LogP contribution in [-0.2, 0) is 10.2 Å². The van der Waals surface area contributed by atoms with Crippen LogP contribution in [0.5, 0.6) is 5.75 Å². The molecule has 144 valence electrons. The van der Waals surface area contributed by atoms with Crippen molar-refractivity contribution in [1.82, 2.24) is 10.6 Å². The standard InChI is InChI=1S/C19H33N3O2.HI/c1-6-20-18(21-12-9-13-24-7-2)22-15-19(3,4)16-10-8-11-17(14-16)23-5;/h8,10-11,14H,6-7,9,12-13,15H2,1-5H3,(H2,20,21,22);1H. The van der Waals surface area contributed by atoms with Gasteiger partial charge in [0.15, 0.2) is 5.96 Å². The van der Waals surface area contributed by atoms with Crippen molar-refractivity contribution in [2.24, 2.45) is 4.99 Å². The normalized spacial score (nSPS) is 11.6. The molecule has 25 heavy (non-hydrogen) atoms. The van der Waals surface area contributed by atoms with Crippen LogP contribution in [0.1, 0.15) is 39.7 Å². The van der Waals surface area contributed by atoms with Crippen LogP contribution in [0, 0.1) is 0 Å². The molecule has 0 saturated heterocycles. The van der Waals surface area contributed by atoms with E-state index in [1.54, 1.807) is 7.11 Å². The van der Waals surface area contributed by atoms with Crippen LogP contribution in [0.15, 0.2) is 29.3 Å². The molecule has 0 fully saturated rings. The highest BCUT2D eigenvalue weighted by Crippen LogP contribution is 2.26. The summed E-state index contributed by atoms with van der Waals surface area (Å²) in [4.78, 5) is 4.75. The number of rotatable bonds is 10. The Balaban J connectivity index is 0.00000576. The third-order valence-corrected chi connectivity index (χ3v) is 3.79. The van der Waals surface area contributed by atoms with Crippen LogP contribution in [0.3, 0.4) is 0 Å². The second-order valence-electron chi connectivity index (χ2n) is 6.29. The van der Waals surface area contributed by atoms with E-state index in [2.05, 4.69) is 43.5 Å². The van der Waals surface area contributed by atoms with Gasteiger partial charge in [0.05, 0.1) is 13.7 Å². The molecule has 0 amide bonds. The average molecular weight is 463 g/mol. The summed E-state index contributed by atoms with van der Waals surface area (Å²) in [5, 5.41) is 6.65. The highest BCUT2D eigenvalue weighted by atomic mass is 127. The Morgan fingerprint density at radius 3 is 2.60 bits per heavy atom. The Bertz CT molecular complexity index is 507. The van der Waals surface area contributed by atoms with Crippen LogP contribution in [0.4, 0.5) is 0 Å². The van der Waals surface area contributed by atoms with E-state index in [1.165, 1.54) is 5.56 Å². The highest BCUT2D eigenvalue weighted by molar-refractivity contribution is 14.0. The van der Waals surface area contributed by atoms with Crippen molar-refractivity contribution in [1.29, 1.82) is 0 Å². The second-order valence-corrected chi connectivity index (χ2v) is 6.29. The van der Waals surface area contributed by atoms with Crippen LogP contribution >= 0.6 is 24.0 Å². The lowest BCUT2D eigenvalue weighted by Gasteiger charge is -2.24. The molecule has 0 bridgehead atoms. The molecule has 0 spiro atoms. The van der Waals surface area contributed by atoms with Gasteiger partial charge in [0, 0.05) is 31.7 Å². The summed E-state index contributed by atoms with van der Waals surface area (Å²) in [6.07, 6.45) is 0.970. The predicted octanol–water partition coefficient (Wildman–Crippen LogP) is 3.57. The highest BCUT2D eigenvalue weighted by Gasteiger charge is 2.21. The maximum absolute atomic E-state index is 5.36. The SMILES string of the molecule is CCNC(=NCC(C)(C)c1cccc(OC)c1)NCCCOCC.I. The Kier molecular flexibility index (Phi) is 12.7. The van der Waals surface area contributed by atoms with E-state index in [9.17, 15) is 0 Å². The molecule has 1 aromatic carbocycles. The van der Waals surface area contributed by atoms with Gasteiger partial charge >= 0.3 is 0 Å². The lowest BCUT2D eigenvalue weighted by Crippen LogP contribution is -2.39. The van der Waals surface area contributed by atoms with Gasteiger partial charge in [-0.1, -0.05) is 26.0 Å². The van der Waals surface area contributed by atoms with Crippen LogP contribution < -0.4 is 15.4 Å². The lowest BCUT2D eigenvalue weighted by molar-refractivity contribution is 0.145. The van der Waals surface area contributed by atoms with E-state index in [-0.39, 0.29) is 29.4 Å². The molecular weight excluding hydrogens is 429 g/mol. The minimum absolute atomic E-state index is 0. The largest absolute Gasteiger partial charge is 0.497 e. The maximum Gasteiger partial charge on any atom is 0.191 e. The van der Waals surface area contributed by atoms with Crippen molar-refractivity contribution in [3.63, 3.8) is 0 Å². The van der Waals surface area contributed by atoms with Crippen LogP contribution in [-0.4, -0.2) is 45.9 Å². The molecule has 0 aromatic heterocycles. The van der Waals surface area contributed by atoms with Gasteiger partial charge in [-0.05, 0) is 38.0 Å². The van der Waals surface area contributed by atoms with Gasteiger partial charge in [0.2, 0.25) is 0 Å². The second kappa shape index (κ2) is 13.2. The summed E-state index contributed by atoms with van der Waals surface area (Å²) in [6.45, 7) is 12.4. The number of guanidine groups is 1. The molecular formula is C19H34IN3O2. The molecule has 1 rings (SSSR count). The summed E-state index contributed by atoms with van der Waals surface area (Å²) in [6, 6.07) is 8.20. The monoisotopic (exact) mass is 463 g/mol. The van der Waals surface area contributed by atoms with Crippen molar-refractivity contribution in [3.05, 3.63) is 29.8 Å². The Morgan fingerprint density at radius 1 is 1.20 bits per heavy atom. The summed E-state index contributed by atoms with van der Waals surface area (Å²) in [7, 11) is 1.69. The lowest BCUT2D eigenvalue weighted by atomic mass is 9.85. The number of aliphatic imine (C=N–C) groups is 1. The number of nitrogens with zero attached hydrogens (tertiary/aromatic N) is 1. The van der Waals surface area contributed by atoms with Crippen molar-refractivity contribution in [2.75, 3.05) is 40.0 Å². The molecule has 0 aliphatic rings. The van der Waals surface area contributed by atoms with Crippen molar-refractivity contribution >= 4 is 29.9 Å². The van der Waals surface area contributed by atoms with Gasteiger partial charge in [0.25, 0.3) is 0 Å². The van der Waals surface area contributed by atoms with Gasteiger partial charge in [-0.2, -0.15) is 0 Å². The molecule has 2 N–H and O–H groups in total. The van der Waals surface area contributed by atoms with Crippen LogP contribution in [0.2, 0.25) is 0 Å². The van der Waals surface area contributed by atoms with E-state index in [0.717, 1.165) is 44.4 Å². The Morgan fingerprint density at radius 2 is 1.96 bits per heavy atom. The number of methoxy groups -OCH3 is 1. The molecule has 5 nitrogen and oxygen atoms in total. The first-order valence-electron chi connectivity index (χ1n) is 8.78. The van der Waals surface area contributed by atoms with Crippen molar-refractivity contribution in [2.45, 2.75) is 39.5 Å². The average Bonchev–Trinajstić information content (AvgIpc) is 2.59. The Hall–Kier alpha value is -1.02. The molecule has 0 unspecified atom stereocenters. The molecule has 1 aromatic rings. The maximum atomic E-state index is 5.36. The number of nitrogens with one attached hydrogen (secondary N) is 2. The molecule has 0 heterocycles. The van der Waals surface area contributed by atoms with E-state index in [4.69, 9.17) is 14.5 Å². The van der Waals surface area contributed by atoms with Gasteiger partial charge in [0.1, 0.15) is 5.75 Å². The van der Waals surface area contributed by atoms with Crippen molar-refractivity contribution < 1.29 is 9.47 Å². The number of halogens is 1. The van der Waals surface area contributed by atoms with E-state index in [1.807, 2.05) is 19.1 Å². The molecule has 0 aliphatic heterocycles. The summed E-state index contributed by atoms with van der Waals surface area (Å²) in [5.74, 6) is 1.73. The molecule has 0 saturated carbocycles. The van der Waals surface area contributed by atoms with Crippen molar-refractivity contribution in [3.8, 4) is 5.75 Å². The zero-order valence-corrected chi connectivity index (χ0v) is 18.6. The fourth-order valence-electron chi connectivity index (χ4n) is 2.28. The topological polar surface area (TPSA) is 54.9 Å². The van der Waals surface area contributed by atoms with E-state index in [0.29, 0.717) is 6.54 Å². The first kappa shape index (κ1) is 24.0. The zero-order chi connectivity index (χ0) is 17.8. The molecule has 0 radical (unpaired) electrons. The number of ether oxygens (including phenoxy) is 2. The molecule has 0 atom stereocenters. The zero-order valence-electron chi connectivity index (χ0n) is 16.2. The predicted molar refractivity (Wildman–Crippen MR) is 117 cm³/mol. The first-order chi connectivity index (χ1) is 11.5. The minimum atomic E-state index is -0.0672.